The SMILES string of the molecule is CCCNC(C)c1cc(F)c(C)cc1SC1CCCCC1. The third-order valence-corrected chi connectivity index (χ3v) is 5.72. The molecular weight excluding hydrogens is 281 g/mol. The summed E-state index contributed by atoms with van der Waals surface area (Å²) in [5, 5.41) is 4.20. The van der Waals surface area contributed by atoms with Crippen molar-refractivity contribution in [3.8, 4) is 0 Å². The van der Waals surface area contributed by atoms with Crippen molar-refractivity contribution in [2.45, 2.75) is 75.5 Å². The number of hydrogen-bond donors (Lipinski definition) is 1. The van der Waals surface area contributed by atoms with Gasteiger partial charge < -0.3 is 5.32 Å². The van der Waals surface area contributed by atoms with Crippen molar-refractivity contribution in [2.75, 3.05) is 6.54 Å². The van der Waals surface area contributed by atoms with Crippen molar-refractivity contribution in [3.63, 3.8) is 0 Å². The Balaban J connectivity index is 2.18. The van der Waals surface area contributed by atoms with Crippen molar-refractivity contribution >= 4 is 11.8 Å². The second-order valence-electron chi connectivity index (χ2n) is 6.19. The molecule has 3 heteroatoms. The maximum Gasteiger partial charge on any atom is 0.126 e. The van der Waals surface area contributed by atoms with Crippen molar-refractivity contribution in [1.29, 1.82) is 0 Å². The van der Waals surface area contributed by atoms with Gasteiger partial charge in [0.2, 0.25) is 0 Å². The molecule has 0 spiro atoms. The molecule has 21 heavy (non-hydrogen) atoms. The quantitative estimate of drug-likeness (QED) is 0.732. The Hall–Kier alpha value is -0.540. The lowest BCUT2D eigenvalue weighted by atomic mass is 10.0. The van der Waals surface area contributed by atoms with Crippen LogP contribution in [0.25, 0.3) is 0 Å². The van der Waals surface area contributed by atoms with E-state index >= 15 is 0 Å². The van der Waals surface area contributed by atoms with Gasteiger partial charge in [-0.15, -0.1) is 11.8 Å². The summed E-state index contributed by atoms with van der Waals surface area (Å²) in [5.74, 6) is -0.0804. The van der Waals surface area contributed by atoms with E-state index in [0.29, 0.717) is 5.25 Å². The monoisotopic (exact) mass is 309 g/mol. The van der Waals surface area contributed by atoms with Crippen LogP contribution in [0.1, 0.15) is 69.5 Å². The minimum absolute atomic E-state index is 0.0804. The summed E-state index contributed by atoms with van der Waals surface area (Å²) in [6.45, 7) is 7.15. The van der Waals surface area contributed by atoms with Gasteiger partial charge in [-0.25, -0.2) is 4.39 Å². The van der Waals surface area contributed by atoms with Crippen LogP contribution in [0.15, 0.2) is 17.0 Å². The molecule has 118 valence electrons. The van der Waals surface area contributed by atoms with Crippen molar-refractivity contribution in [1.82, 2.24) is 5.32 Å². The zero-order valence-electron chi connectivity index (χ0n) is 13.5. The van der Waals surface area contributed by atoms with Crippen LogP contribution in [0, 0.1) is 12.7 Å². The molecule has 1 nitrogen and oxygen atoms in total. The molecule has 1 unspecified atom stereocenters. The van der Waals surface area contributed by atoms with Gasteiger partial charge in [0.15, 0.2) is 0 Å². The Morgan fingerprint density at radius 2 is 2.00 bits per heavy atom. The first-order valence-electron chi connectivity index (χ1n) is 8.32. The predicted octanol–water partition coefficient (Wildman–Crippen LogP) is 5.62. The molecule has 0 aromatic heterocycles. The number of nitrogens with one attached hydrogen (secondary N) is 1. The number of hydrogen-bond acceptors (Lipinski definition) is 2. The van der Waals surface area contributed by atoms with Crippen LogP contribution in [-0.4, -0.2) is 11.8 Å². The van der Waals surface area contributed by atoms with Crippen molar-refractivity contribution in [2.24, 2.45) is 0 Å². The van der Waals surface area contributed by atoms with Gasteiger partial charge in [-0.1, -0.05) is 26.2 Å². The molecule has 2 rings (SSSR count). The first-order chi connectivity index (χ1) is 10.1. The molecule has 1 aliphatic carbocycles. The highest BCUT2D eigenvalue weighted by molar-refractivity contribution is 8.00. The van der Waals surface area contributed by atoms with Gasteiger partial charge in [-0.05, 0) is 62.9 Å². The molecule has 0 radical (unpaired) electrons. The topological polar surface area (TPSA) is 12.0 Å². The highest BCUT2D eigenvalue weighted by atomic mass is 32.2. The maximum atomic E-state index is 14.0. The van der Waals surface area contributed by atoms with Crippen LogP contribution in [0.4, 0.5) is 4.39 Å². The summed E-state index contributed by atoms with van der Waals surface area (Å²) in [7, 11) is 0. The Bertz CT molecular complexity index is 455. The van der Waals surface area contributed by atoms with Gasteiger partial charge in [-0.3, -0.25) is 0 Å². The second kappa shape index (κ2) is 8.19. The van der Waals surface area contributed by atoms with Gasteiger partial charge in [0, 0.05) is 16.2 Å². The number of aryl methyl sites for hydroxylation is 1. The smallest absolute Gasteiger partial charge is 0.126 e. The van der Waals surface area contributed by atoms with E-state index in [-0.39, 0.29) is 11.9 Å². The number of halogens is 1. The van der Waals surface area contributed by atoms with Crippen LogP contribution < -0.4 is 5.32 Å². The fourth-order valence-corrected chi connectivity index (χ4v) is 4.49. The Labute approximate surface area is 133 Å². The lowest BCUT2D eigenvalue weighted by Gasteiger charge is -2.24. The normalized spacial score (nSPS) is 17.9. The van der Waals surface area contributed by atoms with E-state index in [4.69, 9.17) is 0 Å². The lowest BCUT2D eigenvalue weighted by Crippen LogP contribution is -2.20. The summed E-state index contributed by atoms with van der Waals surface area (Å²) >= 11 is 1.97. The van der Waals surface area contributed by atoms with Gasteiger partial charge in [0.05, 0.1) is 0 Å². The number of thioether (sulfide) groups is 1. The van der Waals surface area contributed by atoms with Crippen LogP contribution in [0.3, 0.4) is 0 Å². The third kappa shape index (κ3) is 4.72. The third-order valence-electron chi connectivity index (χ3n) is 4.30. The van der Waals surface area contributed by atoms with E-state index in [1.54, 1.807) is 6.07 Å². The van der Waals surface area contributed by atoms with Crippen LogP contribution >= 0.6 is 11.8 Å². The molecule has 1 aromatic rings. The van der Waals surface area contributed by atoms with Crippen molar-refractivity contribution < 1.29 is 4.39 Å². The summed E-state index contributed by atoms with van der Waals surface area (Å²) in [6.07, 6.45) is 7.77. The molecule has 0 bridgehead atoms. The molecule has 1 N–H and O–H groups in total. The highest BCUT2D eigenvalue weighted by Crippen LogP contribution is 2.38. The summed E-state index contributed by atoms with van der Waals surface area (Å²) in [4.78, 5) is 1.27. The summed E-state index contributed by atoms with van der Waals surface area (Å²) < 4.78 is 14.0. The van der Waals surface area contributed by atoms with Gasteiger partial charge in [0.1, 0.15) is 5.82 Å². The summed E-state index contributed by atoms with van der Waals surface area (Å²) in [5.41, 5.74) is 1.89. The fraction of sp³-hybridized carbons (Fsp3) is 0.667. The van der Waals surface area contributed by atoms with Gasteiger partial charge >= 0.3 is 0 Å². The Morgan fingerprint density at radius 3 is 2.67 bits per heavy atom. The van der Waals surface area contributed by atoms with E-state index in [9.17, 15) is 4.39 Å². The lowest BCUT2D eigenvalue weighted by molar-refractivity contribution is 0.515. The molecule has 1 fully saturated rings. The summed E-state index contributed by atoms with van der Waals surface area (Å²) in [6, 6.07) is 4.01. The Morgan fingerprint density at radius 1 is 1.29 bits per heavy atom. The fourth-order valence-electron chi connectivity index (χ4n) is 2.94. The maximum absolute atomic E-state index is 14.0. The largest absolute Gasteiger partial charge is 0.310 e. The van der Waals surface area contributed by atoms with E-state index in [0.717, 1.165) is 24.1 Å². The average molecular weight is 309 g/mol. The molecule has 1 aromatic carbocycles. The minimum Gasteiger partial charge on any atom is -0.310 e. The molecule has 0 saturated heterocycles. The number of benzene rings is 1. The molecular formula is C18H28FNS. The molecule has 1 aliphatic rings. The first kappa shape index (κ1) is 16.8. The minimum atomic E-state index is -0.0804. The molecule has 0 heterocycles. The van der Waals surface area contributed by atoms with Crippen molar-refractivity contribution in [3.05, 3.63) is 29.1 Å². The van der Waals surface area contributed by atoms with Crippen LogP contribution in [-0.2, 0) is 0 Å². The Kier molecular flexibility index (Phi) is 6.56. The second-order valence-corrected chi connectivity index (χ2v) is 7.54. The molecule has 0 aliphatic heterocycles. The molecule has 1 saturated carbocycles. The zero-order chi connectivity index (χ0) is 15.2. The van der Waals surface area contributed by atoms with E-state index in [1.807, 2.05) is 24.8 Å². The molecule has 1 atom stereocenters. The van der Waals surface area contributed by atoms with E-state index in [2.05, 4.69) is 19.2 Å². The standard InChI is InChI=1S/C18H28FNS/c1-4-10-20-14(3)16-12-17(19)13(2)11-18(16)21-15-8-6-5-7-9-15/h11-12,14-15,20H,4-10H2,1-3H3. The average Bonchev–Trinajstić information content (AvgIpc) is 2.49. The van der Waals surface area contributed by atoms with Crippen LogP contribution in [0.2, 0.25) is 0 Å². The number of rotatable bonds is 6. The van der Waals surface area contributed by atoms with Crippen LogP contribution in [0.5, 0.6) is 0 Å². The van der Waals surface area contributed by atoms with Gasteiger partial charge in [0.25, 0.3) is 0 Å². The van der Waals surface area contributed by atoms with E-state index in [1.165, 1.54) is 37.0 Å². The first-order valence-corrected chi connectivity index (χ1v) is 9.20. The highest BCUT2D eigenvalue weighted by Gasteiger charge is 2.19. The van der Waals surface area contributed by atoms with Gasteiger partial charge in [-0.2, -0.15) is 0 Å². The predicted molar refractivity (Wildman–Crippen MR) is 90.6 cm³/mol. The zero-order valence-corrected chi connectivity index (χ0v) is 14.4. The molecule has 0 amide bonds. The van der Waals surface area contributed by atoms with E-state index < -0.39 is 0 Å².